The van der Waals surface area contributed by atoms with Crippen LogP contribution in [0.15, 0.2) is 0 Å². The van der Waals surface area contributed by atoms with Crippen molar-refractivity contribution >= 4 is 8.07 Å². The molecule has 0 atom stereocenters. The SMILES string of the molecule is COc1c(O)c(C)c(CCC[Si](C)(C)C)c(O)c1OC. The molecule has 1 aromatic carbocycles. The molecule has 0 unspecified atom stereocenters. The molecule has 1 aromatic rings. The van der Waals surface area contributed by atoms with Gasteiger partial charge in [-0.3, -0.25) is 0 Å². The summed E-state index contributed by atoms with van der Waals surface area (Å²) in [4.78, 5) is 0. The lowest BCUT2D eigenvalue weighted by Crippen LogP contribution is -2.19. The van der Waals surface area contributed by atoms with E-state index in [-0.39, 0.29) is 23.0 Å². The number of ether oxygens (including phenoxy) is 2. The third-order valence-electron chi connectivity index (χ3n) is 3.49. The number of rotatable bonds is 6. The molecule has 0 heterocycles. The van der Waals surface area contributed by atoms with Crippen LogP contribution in [0.2, 0.25) is 25.7 Å². The first-order chi connectivity index (χ1) is 9.22. The van der Waals surface area contributed by atoms with Gasteiger partial charge in [-0.25, -0.2) is 0 Å². The molecule has 0 spiro atoms. The summed E-state index contributed by atoms with van der Waals surface area (Å²) >= 11 is 0. The second kappa shape index (κ2) is 6.39. The Balaban J connectivity index is 3.11. The molecule has 0 amide bonds. The minimum absolute atomic E-state index is 0.0464. The van der Waals surface area contributed by atoms with Crippen LogP contribution in [0.3, 0.4) is 0 Å². The van der Waals surface area contributed by atoms with Gasteiger partial charge >= 0.3 is 0 Å². The number of hydrogen-bond donors (Lipinski definition) is 2. The molecule has 0 fully saturated rings. The number of aromatic hydroxyl groups is 2. The van der Waals surface area contributed by atoms with Crippen molar-refractivity contribution < 1.29 is 19.7 Å². The van der Waals surface area contributed by atoms with Gasteiger partial charge in [-0.2, -0.15) is 0 Å². The van der Waals surface area contributed by atoms with Gasteiger partial charge < -0.3 is 19.7 Å². The van der Waals surface area contributed by atoms with Crippen LogP contribution in [0.1, 0.15) is 17.5 Å². The largest absolute Gasteiger partial charge is 0.504 e. The van der Waals surface area contributed by atoms with Crippen molar-refractivity contribution in [2.75, 3.05) is 14.2 Å². The van der Waals surface area contributed by atoms with Crippen molar-refractivity contribution in [3.63, 3.8) is 0 Å². The van der Waals surface area contributed by atoms with Crippen LogP contribution in [0.4, 0.5) is 0 Å². The van der Waals surface area contributed by atoms with Gasteiger partial charge in [-0.1, -0.05) is 32.1 Å². The maximum atomic E-state index is 10.3. The molecular formula is C15H26O4Si. The van der Waals surface area contributed by atoms with Gasteiger partial charge in [0, 0.05) is 19.2 Å². The highest BCUT2D eigenvalue weighted by Gasteiger charge is 2.23. The maximum Gasteiger partial charge on any atom is 0.207 e. The Kier molecular flexibility index (Phi) is 5.33. The van der Waals surface area contributed by atoms with Crippen molar-refractivity contribution in [3.05, 3.63) is 11.1 Å². The zero-order valence-electron chi connectivity index (χ0n) is 13.3. The molecule has 0 aromatic heterocycles. The van der Waals surface area contributed by atoms with Gasteiger partial charge in [0.05, 0.1) is 14.2 Å². The second-order valence-corrected chi connectivity index (χ2v) is 11.9. The van der Waals surface area contributed by atoms with Crippen LogP contribution in [-0.4, -0.2) is 32.5 Å². The Morgan fingerprint density at radius 3 is 1.90 bits per heavy atom. The summed E-state index contributed by atoms with van der Waals surface area (Å²) in [6.07, 6.45) is 1.73. The molecular weight excluding hydrogens is 272 g/mol. The Bertz CT molecular complexity index is 478. The van der Waals surface area contributed by atoms with E-state index >= 15 is 0 Å². The number of benzene rings is 1. The number of phenols is 2. The molecule has 0 bridgehead atoms. The predicted molar refractivity (Wildman–Crippen MR) is 84.1 cm³/mol. The molecule has 20 heavy (non-hydrogen) atoms. The smallest absolute Gasteiger partial charge is 0.207 e. The molecule has 4 nitrogen and oxygen atoms in total. The van der Waals surface area contributed by atoms with Crippen LogP contribution in [0.25, 0.3) is 0 Å². The maximum absolute atomic E-state index is 10.3. The lowest BCUT2D eigenvalue weighted by Gasteiger charge is -2.19. The first-order valence-electron chi connectivity index (χ1n) is 6.88. The molecule has 0 aliphatic heterocycles. The first-order valence-corrected chi connectivity index (χ1v) is 10.6. The van der Waals surface area contributed by atoms with E-state index in [1.807, 2.05) is 0 Å². The van der Waals surface area contributed by atoms with Crippen LogP contribution in [0, 0.1) is 6.92 Å². The summed E-state index contributed by atoms with van der Waals surface area (Å²) in [5.74, 6) is 0.524. The fourth-order valence-electron chi connectivity index (χ4n) is 2.32. The van der Waals surface area contributed by atoms with Gasteiger partial charge in [0.25, 0.3) is 0 Å². The summed E-state index contributed by atoms with van der Waals surface area (Å²) in [6.45, 7) is 8.77. The average Bonchev–Trinajstić information content (AvgIpc) is 2.36. The summed E-state index contributed by atoms with van der Waals surface area (Å²) in [5.41, 5.74) is 1.41. The quantitative estimate of drug-likeness (QED) is 0.621. The monoisotopic (exact) mass is 298 g/mol. The van der Waals surface area contributed by atoms with E-state index in [0.717, 1.165) is 18.4 Å². The zero-order chi connectivity index (χ0) is 15.5. The lowest BCUT2D eigenvalue weighted by molar-refractivity contribution is 0.313. The van der Waals surface area contributed by atoms with Gasteiger partial charge in [0.1, 0.15) is 0 Å². The number of hydrogen-bond acceptors (Lipinski definition) is 4. The van der Waals surface area contributed by atoms with Crippen LogP contribution < -0.4 is 9.47 Å². The molecule has 0 aliphatic rings. The highest BCUT2D eigenvalue weighted by molar-refractivity contribution is 6.76. The van der Waals surface area contributed by atoms with Gasteiger partial charge in [-0.15, -0.1) is 0 Å². The van der Waals surface area contributed by atoms with Crippen LogP contribution in [0.5, 0.6) is 23.0 Å². The number of methoxy groups -OCH3 is 2. The van der Waals surface area contributed by atoms with E-state index in [1.165, 1.54) is 20.3 Å². The van der Waals surface area contributed by atoms with Crippen molar-refractivity contribution in [2.45, 2.75) is 45.5 Å². The highest BCUT2D eigenvalue weighted by atomic mass is 28.3. The molecule has 0 radical (unpaired) electrons. The first kappa shape index (κ1) is 16.7. The molecule has 1 rings (SSSR count). The fraction of sp³-hybridized carbons (Fsp3) is 0.600. The summed E-state index contributed by atoms with van der Waals surface area (Å²) in [7, 11) is 1.80. The third-order valence-corrected chi connectivity index (χ3v) is 5.35. The van der Waals surface area contributed by atoms with E-state index < -0.39 is 8.07 Å². The van der Waals surface area contributed by atoms with E-state index in [1.54, 1.807) is 6.92 Å². The summed E-state index contributed by atoms with van der Waals surface area (Å²) < 4.78 is 10.3. The fourth-order valence-corrected chi connectivity index (χ4v) is 3.56. The normalized spacial score (nSPS) is 11.5. The minimum Gasteiger partial charge on any atom is -0.504 e. The van der Waals surface area contributed by atoms with E-state index in [4.69, 9.17) is 9.47 Å². The Morgan fingerprint density at radius 1 is 0.950 bits per heavy atom. The second-order valence-electron chi connectivity index (χ2n) is 6.28. The predicted octanol–water partition coefficient (Wildman–Crippen LogP) is 3.69. The Morgan fingerprint density at radius 2 is 1.45 bits per heavy atom. The van der Waals surface area contributed by atoms with Crippen molar-refractivity contribution in [3.8, 4) is 23.0 Å². The highest BCUT2D eigenvalue weighted by Crippen LogP contribution is 2.48. The van der Waals surface area contributed by atoms with Gasteiger partial charge in [-0.05, 0) is 13.3 Å². The molecule has 0 saturated carbocycles. The standard InChI is InChI=1S/C15H26O4Si/c1-10-11(8-7-9-20(4,5)6)13(17)15(19-3)14(18-2)12(10)16/h16-17H,7-9H2,1-6H3. The van der Waals surface area contributed by atoms with Gasteiger partial charge in [0.2, 0.25) is 11.5 Å². The van der Waals surface area contributed by atoms with Crippen molar-refractivity contribution in [2.24, 2.45) is 0 Å². The van der Waals surface area contributed by atoms with E-state index in [2.05, 4.69) is 19.6 Å². The molecule has 2 N–H and O–H groups in total. The average molecular weight is 298 g/mol. The molecule has 0 saturated heterocycles. The topological polar surface area (TPSA) is 58.9 Å². The molecule has 114 valence electrons. The van der Waals surface area contributed by atoms with E-state index in [0.29, 0.717) is 5.56 Å². The van der Waals surface area contributed by atoms with Gasteiger partial charge in [0.15, 0.2) is 11.5 Å². The summed E-state index contributed by atoms with van der Waals surface area (Å²) in [5, 5.41) is 20.5. The van der Waals surface area contributed by atoms with Crippen molar-refractivity contribution in [1.82, 2.24) is 0 Å². The van der Waals surface area contributed by atoms with Crippen LogP contribution in [-0.2, 0) is 6.42 Å². The van der Waals surface area contributed by atoms with Crippen LogP contribution >= 0.6 is 0 Å². The number of phenolic OH excluding ortho intramolecular Hbond substituents is 2. The van der Waals surface area contributed by atoms with E-state index in [9.17, 15) is 10.2 Å². The zero-order valence-corrected chi connectivity index (χ0v) is 14.3. The van der Waals surface area contributed by atoms with Crippen molar-refractivity contribution in [1.29, 1.82) is 0 Å². The Hall–Kier alpha value is -1.36. The Labute approximate surface area is 122 Å². The summed E-state index contributed by atoms with van der Waals surface area (Å²) in [6, 6.07) is 1.18. The minimum atomic E-state index is -1.10. The lowest BCUT2D eigenvalue weighted by atomic mass is 10.0. The third kappa shape index (κ3) is 3.60. The molecule has 5 heteroatoms. The molecule has 0 aliphatic carbocycles.